The number of benzene rings is 1. The Kier molecular flexibility index (Phi) is 2.75. The zero-order valence-electron chi connectivity index (χ0n) is 9.67. The second-order valence-corrected chi connectivity index (χ2v) is 3.90. The highest BCUT2D eigenvalue weighted by Crippen LogP contribution is 2.15. The van der Waals surface area contributed by atoms with Crippen LogP contribution in [0.1, 0.15) is 5.56 Å². The highest BCUT2D eigenvalue weighted by Gasteiger charge is 1.98. The van der Waals surface area contributed by atoms with E-state index in [1.54, 1.807) is 18.6 Å². The highest BCUT2D eigenvalue weighted by molar-refractivity contribution is 5.99. The zero-order valence-corrected chi connectivity index (χ0v) is 9.67. The molecule has 88 valence electrons. The first-order chi connectivity index (χ1) is 8.93. The summed E-state index contributed by atoms with van der Waals surface area (Å²) in [6, 6.07) is 11.9. The van der Waals surface area contributed by atoms with Crippen molar-refractivity contribution >= 4 is 22.8 Å². The first-order valence-corrected chi connectivity index (χ1v) is 5.69. The van der Waals surface area contributed by atoms with E-state index in [9.17, 15) is 0 Å². The van der Waals surface area contributed by atoms with Gasteiger partial charge in [-0.15, -0.1) is 0 Å². The Morgan fingerprint density at radius 3 is 2.83 bits per heavy atom. The van der Waals surface area contributed by atoms with E-state index in [-0.39, 0.29) is 0 Å². The normalized spacial score (nSPS) is 11.1. The summed E-state index contributed by atoms with van der Waals surface area (Å²) in [5.74, 6) is 0. The molecule has 0 amide bonds. The van der Waals surface area contributed by atoms with Crippen LogP contribution >= 0.6 is 0 Å². The van der Waals surface area contributed by atoms with Gasteiger partial charge in [0.25, 0.3) is 0 Å². The quantitative estimate of drug-likeness (QED) is 0.542. The largest absolute Gasteiger partial charge is 0.361 e. The number of aromatic amines is 1. The lowest BCUT2D eigenvalue weighted by Crippen LogP contribution is -1.89. The molecule has 0 saturated carbocycles. The molecule has 0 saturated heterocycles. The van der Waals surface area contributed by atoms with Gasteiger partial charge >= 0.3 is 0 Å². The lowest BCUT2D eigenvalue weighted by molar-refractivity contribution is 1.28. The lowest BCUT2D eigenvalue weighted by atomic mass is 10.2. The molecule has 0 aliphatic rings. The topological polar surface area (TPSA) is 53.1 Å². The smallest absolute Gasteiger partial charge is 0.0592 e. The lowest BCUT2D eigenvalue weighted by Gasteiger charge is -1.97. The van der Waals surface area contributed by atoms with Gasteiger partial charge in [0, 0.05) is 35.1 Å². The fourth-order valence-corrected chi connectivity index (χ4v) is 1.80. The molecule has 0 bridgehead atoms. The van der Waals surface area contributed by atoms with Gasteiger partial charge in [-0.05, 0) is 18.2 Å². The summed E-state index contributed by atoms with van der Waals surface area (Å²) in [7, 11) is 0. The van der Waals surface area contributed by atoms with Gasteiger partial charge in [0.15, 0.2) is 0 Å². The number of nitrogens with one attached hydrogen (secondary N) is 2. The molecule has 18 heavy (non-hydrogen) atoms. The molecular weight excluding hydrogens is 224 g/mol. The third kappa shape index (κ3) is 2.08. The molecule has 2 heterocycles. The Morgan fingerprint density at radius 2 is 1.94 bits per heavy atom. The number of hydrazone groups is 1. The van der Waals surface area contributed by atoms with Gasteiger partial charge in [-0.3, -0.25) is 10.4 Å². The van der Waals surface area contributed by atoms with Crippen LogP contribution < -0.4 is 5.43 Å². The van der Waals surface area contributed by atoms with E-state index in [0.717, 1.165) is 22.2 Å². The standard InChI is InChI=1S/C14H12N4/c1-2-4-14-13(3-1)11(9-16-14)10-17-18-12-5-7-15-8-6-12/h1-10,16H,(H,15,18). The predicted octanol–water partition coefficient (Wildman–Crippen LogP) is 3.01. The molecule has 0 fully saturated rings. The summed E-state index contributed by atoms with van der Waals surface area (Å²) in [6.07, 6.45) is 7.20. The maximum absolute atomic E-state index is 4.21. The first kappa shape index (κ1) is 10.5. The van der Waals surface area contributed by atoms with Crippen LogP contribution in [-0.4, -0.2) is 16.2 Å². The SMILES string of the molecule is C(=NNc1ccncc1)c1c[nH]c2ccccc12. The summed E-state index contributed by atoms with van der Waals surface area (Å²) in [6.45, 7) is 0. The molecule has 2 aromatic heterocycles. The zero-order chi connectivity index (χ0) is 12.2. The van der Waals surface area contributed by atoms with Crippen LogP contribution in [0.3, 0.4) is 0 Å². The van der Waals surface area contributed by atoms with E-state index >= 15 is 0 Å². The summed E-state index contributed by atoms with van der Waals surface area (Å²) < 4.78 is 0. The maximum Gasteiger partial charge on any atom is 0.0592 e. The second kappa shape index (κ2) is 4.71. The number of nitrogens with zero attached hydrogens (tertiary/aromatic N) is 2. The maximum atomic E-state index is 4.21. The summed E-state index contributed by atoms with van der Waals surface area (Å²) in [5.41, 5.74) is 6.06. The molecule has 0 aliphatic carbocycles. The van der Waals surface area contributed by atoms with Crippen LogP contribution in [-0.2, 0) is 0 Å². The minimum absolute atomic E-state index is 0.918. The number of H-pyrrole nitrogens is 1. The molecule has 0 aliphatic heterocycles. The minimum atomic E-state index is 0.918. The van der Waals surface area contributed by atoms with Crippen molar-refractivity contribution in [3.63, 3.8) is 0 Å². The van der Waals surface area contributed by atoms with Crippen molar-refractivity contribution in [3.05, 3.63) is 60.6 Å². The van der Waals surface area contributed by atoms with Crippen molar-refractivity contribution in [1.82, 2.24) is 9.97 Å². The Morgan fingerprint density at radius 1 is 1.11 bits per heavy atom. The van der Waals surface area contributed by atoms with Crippen molar-refractivity contribution in [1.29, 1.82) is 0 Å². The molecule has 2 N–H and O–H groups in total. The van der Waals surface area contributed by atoms with E-state index in [4.69, 9.17) is 0 Å². The number of anilines is 1. The predicted molar refractivity (Wildman–Crippen MR) is 73.8 cm³/mol. The van der Waals surface area contributed by atoms with Gasteiger partial charge < -0.3 is 4.98 Å². The molecule has 0 radical (unpaired) electrons. The van der Waals surface area contributed by atoms with Crippen molar-refractivity contribution in [2.24, 2.45) is 5.10 Å². The van der Waals surface area contributed by atoms with Crippen molar-refractivity contribution in [2.75, 3.05) is 5.43 Å². The summed E-state index contributed by atoms with van der Waals surface area (Å²) in [5, 5.41) is 5.38. The molecule has 1 aromatic carbocycles. The van der Waals surface area contributed by atoms with Crippen LogP contribution in [0.4, 0.5) is 5.69 Å². The minimum Gasteiger partial charge on any atom is -0.361 e. The molecule has 4 nitrogen and oxygen atoms in total. The molecule has 3 rings (SSSR count). The number of aromatic nitrogens is 2. The second-order valence-electron chi connectivity index (χ2n) is 3.90. The van der Waals surface area contributed by atoms with Crippen molar-refractivity contribution < 1.29 is 0 Å². The van der Waals surface area contributed by atoms with E-state index in [1.165, 1.54) is 0 Å². The molecular formula is C14H12N4. The fourth-order valence-electron chi connectivity index (χ4n) is 1.80. The molecule has 0 atom stereocenters. The Hall–Kier alpha value is -2.62. The van der Waals surface area contributed by atoms with Gasteiger partial charge in [-0.1, -0.05) is 18.2 Å². The van der Waals surface area contributed by atoms with Crippen molar-refractivity contribution in [3.8, 4) is 0 Å². The average molecular weight is 236 g/mol. The van der Waals surface area contributed by atoms with Gasteiger partial charge in [0.2, 0.25) is 0 Å². The Labute approximate surface area is 104 Å². The van der Waals surface area contributed by atoms with E-state index in [2.05, 4.69) is 26.6 Å². The molecule has 4 heteroatoms. The summed E-state index contributed by atoms with van der Waals surface area (Å²) in [4.78, 5) is 7.16. The molecule has 0 unspecified atom stereocenters. The number of rotatable bonds is 3. The monoisotopic (exact) mass is 236 g/mol. The van der Waals surface area contributed by atoms with Crippen LogP contribution in [0.25, 0.3) is 10.9 Å². The van der Waals surface area contributed by atoms with Crippen LogP contribution in [0, 0.1) is 0 Å². The fraction of sp³-hybridized carbons (Fsp3) is 0. The Bertz CT molecular complexity index is 670. The van der Waals surface area contributed by atoms with E-state index in [0.29, 0.717) is 0 Å². The number of hydrogen-bond acceptors (Lipinski definition) is 3. The van der Waals surface area contributed by atoms with E-state index < -0.39 is 0 Å². The van der Waals surface area contributed by atoms with Gasteiger partial charge in [-0.2, -0.15) is 5.10 Å². The van der Waals surface area contributed by atoms with Crippen LogP contribution in [0.15, 0.2) is 60.1 Å². The molecule has 3 aromatic rings. The highest BCUT2D eigenvalue weighted by atomic mass is 15.3. The van der Waals surface area contributed by atoms with Gasteiger partial charge in [-0.25, -0.2) is 0 Å². The third-order valence-corrected chi connectivity index (χ3v) is 2.70. The summed E-state index contributed by atoms with van der Waals surface area (Å²) >= 11 is 0. The number of pyridine rings is 1. The number of hydrogen-bond donors (Lipinski definition) is 2. The van der Waals surface area contributed by atoms with Crippen molar-refractivity contribution in [2.45, 2.75) is 0 Å². The molecule has 0 spiro atoms. The van der Waals surface area contributed by atoms with Crippen LogP contribution in [0.5, 0.6) is 0 Å². The average Bonchev–Trinajstić information content (AvgIpc) is 2.84. The van der Waals surface area contributed by atoms with Gasteiger partial charge in [0.05, 0.1) is 11.9 Å². The third-order valence-electron chi connectivity index (χ3n) is 2.70. The number of fused-ring (bicyclic) bond motifs is 1. The first-order valence-electron chi connectivity index (χ1n) is 5.69. The van der Waals surface area contributed by atoms with Gasteiger partial charge in [0.1, 0.15) is 0 Å². The Balaban J connectivity index is 1.80. The van der Waals surface area contributed by atoms with Crippen LogP contribution in [0.2, 0.25) is 0 Å². The number of para-hydroxylation sites is 1. The van der Waals surface area contributed by atoms with E-state index in [1.807, 2.05) is 36.5 Å².